The fraction of sp³-hybridized carbons (Fsp3) is 0.588. The molecule has 1 aliphatic rings. The number of piperidine rings is 1. The van der Waals surface area contributed by atoms with Gasteiger partial charge >= 0.3 is 0 Å². The highest BCUT2D eigenvalue weighted by Gasteiger charge is 2.26. The SMILES string of the molecule is CCN(Cc1cccc(F)c1)C(=O)CN1CCC(C)C(O)C1. The van der Waals surface area contributed by atoms with E-state index in [1.54, 1.807) is 11.0 Å². The van der Waals surface area contributed by atoms with E-state index in [-0.39, 0.29) is 17.8 Å². The molecule has 22 heavy (non-hydrogen) atoms. The van der Waals surface area contributed by atoms with Gasteiger partial charge in [0.2, 0.25) is 5.91 Å². The van der Waals surface area contributed by atoms with Crippen molar-refractivity contribution in [2.45, 2.75) is 32.9 Å². The van der Waals surface area contributed by atoms with Crippen molar-refractivity contribution in [2.75, 3.05) is 26.2 Å². The Morgan fingerprint density at radius 2 is 2.27 bits per heavy atom. The zero-order chi connectivity index (χ0) is 16.1. The zero-order valence-electron chi connectivity index (χ0n) is 13.3. The molecule has 1 saturated heterocycles. The first-order chi connectivity index (χ1) is 10.5. The summed E-state index contributed by atoms with van der Waals surface area (Å²) >= 11 is 0. The van der Waals surface area contributed by atoms with E-state index in [1.165, 1.54) is 12.1 Å². The normalized spacial score (nSPS) is 22.5. The quantitative estimate of drug-likeness (QED) is 0.903. The molecule has 2 rings (SSSR count). The van der Waals surface area contributed by atoms with Gasteiger partial charge in [-0.05, 0) is 43.5 Å². The number of carbonyl (C=O) groups excluding carboxylic acids is 1. The van der Waals surface area contributed by atoms with Crippen molar-refractivity contribution in [3.8, 4) is 0 Å². The number of amides is 1. The van der Waals surface area contributed by atoms with Gasteiger partial charge in [-0.3, -0.25) is 9.69 Å². The molecule has 0 spiro atoms. The van der Waals surface area contributed by atoms with Gasteiger partial charge in [0.05, 0.1) is 12.6 Å². The number of likely N-dealkylation sites (N-methyl/N-ethyl adjacent to an activating group) is 1. The second kappa shape index (κ2) is 7.70. The topological polar surface area (TPSA) is 43.8 Å². The van der Waals surface area contributed by atoms with Gasteiger partial charge in [-0.15, -0.1) is 0 Å². The maximum absolute atomic E-state index is 13.2. The van der Waals surface area contributed by atoms with Crippen LogP contribution in [-0.4, -0.2) is 53.1 Å². The third kappa shape index (κ3) is 4.52. The Morgan fingerprint density at radius 3 is 2.91 bits per heavy atom. The first-order valence-electron chi connectivity index (χ1n) is 7.92. The molecular weight excluding hydrogens is 283 g/mol. The average molecular weight is 308 g/mol. The van der Waals surface area contributed by atoms with Crippen LogP contribution in [0.3, 0.4) is 0 Å². The maximum atomic E-state index is 13.2. The van der Waals surface area contributed by atoms with Crippen molar-refractivity contribution in [1.29, 1.82) is 0 Å². The van der Waals surface area contributed by atoms with E-state index in [1.807, 2.05) is 24.8 Å². The lowest BCUT2D eigenvalue weighted by molar-refractivity contribution is -0.133. The average Bonchev–Trinajstić information content (AvgIpc) is 2.48. The number of benzene rings is 1. The molecule has 2 unspecified atom stereocenters. The van der Waals surface area contributed by atoms with Crippen LogP contribution >= 0.6 is 0 Å². The second-order valence-electron chi connectivity index (χ2n) is 6.11. The Labute approximate surface area is 131 Å². The van der Waals surface area contributed by atoms with Gasteiger partial charge in [0.1, 0.15) is 5.82 Å². The second-order valence-corrected chi connectivity index (χ2v) is 6.11. The van der Waals surface area contributed by atoms with Gasteiger partial charge < -0.3 is 10.0 Å². The van der Waals surface area contributed by atoms with Gasteiger partial charge in [0, 0.05) is 19.6 Å². The van der Waals surface area contributed by atoms with Crippen molar-refractivity contribution >= 4 is 5.91 Å². The summed E-state index contributed by atoms with van der Waals surface area (Å²) in [6.45, 7) is 6.65. The number of aliphatic hydroxyl groups is 1. The Kier molecular flexibility index (Phi) is 5.91. The summed E-state index contributed by atoms with van der Waals surface area (Å²) in [5, 5.41) is 9.91. The van der Waals surface area contributed by atoms with E-state index >= 15 is 0 Å². The molecule has 0 aromatic heterocycles. The smallest absolute Gasteiger partial charge is 0.237 e. The molecule has 1 aromatic carbocycles. The third-order valence-corrected chi connectivity index (χ3v) is 4.36. The van der Waals surface area contributed by atoms with Crippen molar-refractivity contribution in [3.05, 3.63) is 35.6 Å². The highest BCUT2D eigenvalue weighted by Crippen LogP contribution is 2.17. The molecule has 1 amide bonds. The molecule has 0 aliphatic carbocycles. The summed E-state index contributed by atoms with van der Waals surface area (Å²) in [5.74, 6) is 0.0311. The van der Waals surface area contributed by atoms with Crippen LogP contribution in [-0.2, 0) is 11.3 Å². The summed E-state index contributed by atoms with van der Waals surface area (Å²) in [5.41, 5.74) is 0.794. The largest absolute Gasteiger partial charge is 0.392 e. The Balaban J connectivity index is 1.91. The van der Waals surface area contributed by atoms with E-state index in [4.69, 9.17) is 0 Å². The summed E-state index contributed by atoms with van der Waals surface area (Å²) in [4.78, 5) is 16.2. The van der Waals surface area contributed by atoms with Crippen molar-refractivity contribution < 1.29 is 14.3 Å². The lowest BCUT2D eigenvalue weighted by atomic mass is 9.96. The molecule has 122 valence electrons. The molecule has 0 bridgehead atoms. The maximum Gasteiger partial charge on any atom is 0.237 e. The highest BCUT2D eigenvalue weighted by molar-refractivity contribution is 5.78. The number of hydrogen-bond donors (Lipinski definition) is 1. The molecular formula is C17H25FN2O2. The first-order valence-corrected chi connectivity index (χ1v) is 7.92. The molecule has 2 atom stereocenters. The van der Waals surface area contributed by atoms with Crippen LogP contribution in [0.2, 0.25) is 0 Å². The van der Waals surface area contributed by atoms with E-state index in [0.717, 1.165) is 18.5 Å². The minimum Gasteiger partial charge on any atom is -0.392 e. The number of β-amino-alcohol motifs (C(OH)–C–C–N with tert-alkyl or cyclic N) is 1. The predicted octanol–water partition coefficient (Wildman–Crippen LogP) is 1.88. The van der Waals surface area contributed by atoms with Crippen LogP contribution in [0.1, 0.15) is 25.8 Å². The molecule has 1 aromatic rings. The van der Waals surface area contributed by atoms with E-state index < -0.39 is 0 Å². The minimum absolute atomic E-state index is 0.0218. The lowest BCUT2D eigenvalue weighted by Crippen LogP contribution is -2.47. The first kappa shape index (κ1) is 16.9. The van der Waals surface area contributed by atoms with Gasteiger partial charge in [-0.25, -0.2) is 4.39 Å². The molecule has 1 aliphatic heterocycles. The van der Waals surface area contributed by atoms with Crippen LogP contribution in [0.5, 0.6) is 0 Å². The summed E-state index contributed by atoms with van der Waals surface area (Å²) in [6.07, 6.45) is 0.546. The molecule has 1 fully saturated rings. The van der Waals surface area contributed by atoms with Crippen molar-refractivity contribution in [3.63, 3.8) is 0 Å². The van der Waals surface area contributed by atoms with Gasteiger partial charge in [-0.2, -0.15) is 0 Å². The van der Waals surface area contributed by atoms with Crippen LogP contribution in [0.25, 0.3) is 0 Å². The monoisotopic (exact) mass is 308 g/mol. The Morgan fingerprint density at radius 1 is 1.50 bits per heavy atom. The Bertz CT molecular complexity index is 509. The lowest BCUT2D eigenvalue weighted by Gasteiger charge is -2.35. The van der Waals surface area contributed by atoms with Gasteiger partial charge in [0.25, 0.3) is 0 Å². The fourth-order valence-corrected chi connectivity index (χ4v) is 2.78. The summed E-state index contributed by atoms with van der Waals surface area (Å²) in [7, 11) is 0. The highest BCUT2D eigenvalue weighted by atomic mass is 19.1. The van der Waals surface area contributed by atoms with Crippen molar-refractivity contribution in [2.24, 2.45) is 5.92 Å². The van der Waals surface area contributed by atoms with E-state index in [2.05, 4.69) is 0 Å². The number of rotatable bonds is 5. The van der Waals surface area contributed by atoms with Crippen LogP contribution in [0, 0.1) is 11.7 Å². The van der Waals surface area contributed by atoms with Crippen LogP contribution < -0.4 is 0 Å². The van der Waals surface area contributed by atoms with E-state index in [0.29, 0.717) is 32.1 Å². The van der Waals surface area contributed by atoms with Gasteiger partial charge in [0.15, 0.2) is 0 Å². The molecule has 5 heteroatoms. The third-order valence-electron chi connectivity index (χ3n) is 4.36. The van der Waals surface area contributed by atoms with Crippen LogP contribution in [0.15, 0.2) is 24.3 Å². The fourth-order valence-electron chi connectivity index (χ4n) is 2.78. The number of nitrogens with zero attached hydrogens (tertiary/aromatic N) is 2. The number of aliphatic hydroxyl groups excluding tert-OH is 1. The predicted molar refractivity (Wildman–Crippen MR) is 83.7 cm³/mol. The Hall–Kier alpha value is -1.46. The number of hydrogen-bond acceptors (Lipinski definition) is 3. The number of carbonyl (C=O) groups is 1. The molecule has 0 saturated carbocycles. The summed E-state index contributed by atoms with van der Waals surface area (Å²) in [6, 6.07) is 6.34. The standard InChI is InChI=1S/C17H25FN2O2/c1-3-20(10-14-5-4-6-15(18)9-14)17(22)12-19-8-7-13(2)16(21)11-19/h4-6,9,13,16,21H,3,7-8,10-12H2,1-2H3. The molecule has 1 heterocycles. The van der Waals surface area contributed by atoms with Crippen molar-refractivity contribution in [1.82, 2.24) is 9.80 Å². The van der Waals surface area contributed by atoms with Crippen LogP contribution in [0.4, 0.5) is 4.39 Å². The number of likely N-dealkylation sites (tertiary alicyclic amines) is 1. The molecule has 1 N–H and O–H groups in total. The minimum atomic E-state index is -0.361. The summed E-state index contributed by atoms with van der Waals surface area (Å²) < 4.78 is 13.2. The van der Waals surface area contributed by atoms with E-state index in [9.17, 15) is 14.3 Å². The molecule has 0 radical (unpaired) electrons. The zero-order valence-corrected chi connectivity index (χ0v) is 13.3. The van der Waals surface area contributed by atoms with Gasteiger partial charge in [-0.1, -0.05) is 19.1 Å². The molecule has 4 nitrogen and oxygen atoms in total. The number of halogens is 1.